The minimum absolute atomic E-state index is 0.00189. The Balaban J connectivity index is 2.42. The lowest BCUT2D eigenvalue weighted by atomic mass is 9.79. The lowest BCUT2D eigenvalue weighted by molar-refractivity contribution is -0.386. The number of benzene rings is 1. The van der Waals surface area contributed by atoms with Crippen molar-refractivity contribution in [2.75, 3.05) is 13.9 Å². The second-order valence-corrected chi connectivity index (χ2v) is 6.08. The minimum Gasteiger partial charge on any atom is -0.487 e. The first-order valence-corrected chi connectivity index (χ1v) is 7.99. The summed E-state index contributed by atoms with van der Waals surface area (Å²) in [6, 6.07) is 1.23. The van der Waals surface area contributed by atoms with Gasteiger partial charge in [-0.25, -0.2) is 9.59 Å². The Morgan fingerprint density at radius 3 is 2.25 bits per heavy atom. The highest BCUT2D eigenvalue weighted by molar-refractivity contribution is 5.99. The third-order valence-electron chi connectivity index (χ3n) is 4.54. The van der Waals surface area contributed by atoms with E-state index in [1.807, 2.05) is 0 Å². The molecule has 0 unspecified atom stereocenters. The maximum absolute atomic E-state index is 11.9. The summed E-state index contributed by atoms with van der Waals surface area (Å²) in [5.74, 6) is -4.42. The van der Waals surface area contributed by atoms with Crippen molar-refractivity contribution in [1.29, 1.82) is 0 Å². The van der Waals surface area contributed by atoms with Crippen LogP contribution in [0.1, 0.15) is 25.3 Å². The molecule has 11 nitrogen and oxygen atoms in total. The number of nitrogens with one attached hydrogen (secondary N) is 1. The van der Waals surface area contributed by atoms with Crippen molar-refractivity contribution in [3.63, 3.8) is 0 Å². The van der Waals surface area contributed by atoms with Crippen molar-refractivity contribution in [3.05, 3.63) is 44.3 Å². The van der Waals surface area contributed by atoms with Gasteiger partial charge in [-0.05, 0) is 19.9 Å². The fraction of sp³-hybridized carbons (Fsp3) is 0.294. The quantitative estimate of drug-likeness (QED) is 0.498. The molecule has 148 valence electrons. The molecule has 1 aromatic rings. The number of fused-ring (bicyclic) bond motifs is 1. The summed E-state index contributed by atoms with van der Waals surface area (Å²) in [6.45, 7) is 2.70. The standard InChI is InChI=1S/C17H16N2O9/c1-6-10(16(20)21)12(11(17(22)23)7(2)18-6)8-4-9-14(28-5-27-9)15(26-3)13(8)19(24)25/h4,12,18H,5H2,1-3H3,(H,20,21)(H,22,23). The fourth-order valence-electron chi connectivity index (χ4n) is 3.49. The highest BCUT2D eigenvalue weighted by atomic mass is 16.7. The zero-order valence-electron chi connectivity index (χ0n) is 15.1. The van der Waals surface area contributed by atoms with Gasteiger partial charge >= 0.3 is 17.6 Å². The van der Waals surface area contributed by atoms with Crippen LogP contribution in [-0.4, -0.2) is 41.0 Å². The molecule has 0 radical (unpaired) electrons. The van der Waals surface area contributed by atoms with Crippen LogP contribution >= 0.6 is 0 Å². The number of ether oxygens (including phenoxy) is 3. The highest BCUT2D eigenvalue weighted by Crippen LogP contribution is 2.53. The number of nitro groups is 1. The SMILES string of the molecule is COc1c2c(cc(C3C(C(=O)O)=C(C)NC(C)=C3C(=O)O)c1[N+](=O)[O-])OCO2. The van der Waals surface area contributed by atoms with Gasteiger partial charge in [-0.2, -0.15) is 0 Å². The second kappa shape index (κ2) is 6.76. The van der Waals surface area contributed by atoms with E-state index < -0.39 is 28.5 Å². The van der Waals surface area contributed by atoms with Gasteiger partial charge in [-0.1, -0.05) is 0 Å². The van der Waals surface area contributed by atoms with Crippen LogP contribution in [0.2, 0.25) is 0 Å². The molecule has 2 heterocycles. The summed E-state index contributed by atoms with van der Waals surface area (Å²) in [6.07, 6.45) is 0. The Kier molecular flexibility index (Phi) is 4.59. The zero-order chi connectivity index (χ0) is 20.7. The van der Waals surface area contributed by atoms with E-state index in [1.54, 1.807) is 0 Å². The minimum atomic E-state index is -1.43. The topological polar surface area (TPSA) is 157 Å². The summed E-state index contributed by atoms with van der Waals surface area (Å²) in [5, 5.41) is 34.0. The Morgan fingerprint density at radius 1 is 1.21 bits per heavy atom. The van der Waals surface area contributed by atoms with Crippen molar-refractivity contribution in [2.45, 2.75) is 19.8 Å². The number of methoxy groups -OCH3 is 1. The number of carboxylic acid groups (broad SMARTS) is 2. The van der Waals surface area contributed by atoms with E-state index in [-0.39, 0.29) is 52.1 Å². The second-order valence-electron chi connectivity index (χ2n) is 6.08. The summed E-state index contributed by atoms with van der Waals surface area (Å²) in [5.41, 5.74) is -1.08. The van der Waals surface area contributed by atoms with Crippen molar-refractivity contribution >= 4 is 17.6 Å². The van der Waals surface area contributed by atoms with Crippen LogP contribution in [0.5, 0.6) is 17.2 Å². The van der Waals surface area contributed by atoms with Crippen LogP contribution in [0.25, 0.3) is 0 Å². The van der Waals surface area contributed by atoms with E-state index in [0.717, 1.165) is 0 Å². The first-order chi connectivity index (χ1) is 13.2. The van der Waals surface area contributed by atoms with Crippen molar-refractivity contribution in [3.8, 4) is 17.2 Å². The van der Waals surface area contributed by atoms with E-state index in [1.165, 1.54) is 27.0 Å². The van der Waals surface area contributed by atoms with Gasteiger partial charge in [-0.15, -0.1) is 0 Å². The van der Waals surface area contributed by atoms with Crippen LogP contribution in [-0.2, 0) is 9.59 Å². The number of allylic oxidation sites excluding steroid dienone is 2. The molecule has 0 fully saturated rings. The average molecular weight is 392 g/mol. The molecule has 0 saturated carbocycles. The summed E-state index contributed by atoms with van der Waals surface area (Å²) in [7, 11) is 1.19. The molecule has 28 heavy (non-hydrogen) atoms. The molecule has 2 aliphatic rings. The fourth-order valence-corrected chi connectivity index (χ4v) is 3.49. The Bertz CT molecular complexity index is 941. The maximum atomic E-state index is 11.9. The number of carboxylic acids is 2. The molecule has 1 aromatic carbocycles. The Hall–Kier alpha value is -3.76. The number of hydrogen-bond donors (Lipinski definition) is 3. The third-order valence-corrected chi connectivity index (χ3v) is 4.54. The lowest BCUT2D eigenvalue weighted by Gasteiger charge is -2.28. The van der Waals surface area contributed by atoms with Gasteiger partial charge in [0.1, 0.15) is 0 Å². The third kappa shape index (κ3) is 2.76. The molecule has 3 rings (SSSR count). The van der Waals surface area contributed by atoms with E-state index >= 15 is 0 Å². The summed E-state index contributed by atoms with van der Waals surface area (Å²) < 4.78 is 15.6. The van der Waals surface area contributed by atoms with Crippen LogP contribution < -0.4 is 19.5 Å². The predicted molar refractivity (Wildman–Crippen MR) is 92.3 cm³/mol. The van der Waals surface area contributed by atoms with Crippen LogP contribution in [0, 0.1) is 10.1 Å². The number of aliphatic carboxylic acids is 2. The monoisotopic (exact) mass is 392 g/mol. The average Bonchev–Trinajstić information content (AvgIpc) is 3.06. The Labute approximate surface area is 158 Å². The number of dihydropyridines is 1. The molecule has 0 aromatic heterocycles. The molecular weight excluding hydrogens is 376 g/mol. The lowest BCUT2D eigenvalue weighted by Crippen LogP contribution is -2.31. The van der Waals surface area contributed by atoms with E-state index in [4.69, 9.17) is 14.2 Å². The highest BCUT2D eigenvalue weighted by Gasteiger charge is 2.43. The molecule has 0 saturated heterocycles. The van der Waals surface area contributed by atoms with Gasteiger partial charge in [-0.3, -0.25) is 10.1 Å². The molecular formula is C17H16N2O9. The van der Waals surface area contributed by atoms with Crippen molar-refractivity contribution in [1.82, 2.24) is 5.32 Å². The van der Waals surface area contributed by atoms with Gasteiger partial charge in [0.25, 0.3) is 0 Å². The molecule has 0 atom stereocenters. The molecule has 2 aliphatic heterocycles. The van der Waals surface area contributed by atoms with Crippen LogP contribution in [0.15, 0.2) is 28.6 Å². The van der Waals surface area contributed by atoms with Crippen molar-refractivity contribution in [2.24, 2.45) is 0 Å². The molecule has 3 N–H and O–H groups in total. The molecule has 0 bridgehead atoms. The van der Waals surface area contributed by atoms with E-state index in [9.17, 15) is 29.9 Å². The molecule has 0 aliphatic carbocycles. The zero-order valence-corrected chi connectivity index (χ0v) is 15.1. The number of nitro benzene ring substituents is 1. The normalized spacial score (nSPS) is 16.1. The van der Waals surface area contributed by atoms with Gasteiger partial charge in [0, 0.05) is 11.4 Å². The van der Waals surface area contributed by atoms with Crippen LogP contribution in [0.4, 0.5) is 5.69 Å². The Morgan fingerprint density at radius 2 is 1.79 bits per heavy atom. The number of carbonyl (C=O) groups is 2. The smallest absolute Gasteiger partial charge is 0.334 e. The molecule has 0 spiro atoms. The molecule has 0 amide bonds. The number of hydrogen-bond acceptors (Lipinski definition) is 8. The first-order valence-electron chi connectivity index (χ1n) is 7.99. The van der Waals surface area contributed by atoms with Crippen LogP contribution in [0.3, 0.4) is 0 Å². The maximum Gasteiger partial charge on any atom is 0.334 e. The summed E-state index contributed by atoms with van der Waals surface area (Å²) in [4.78, 5) is 34.9. The number of nitrogens with zero attached hydrogens (tertiary/aromatic N) is 1. The predicted octanol–water partition coefficient (Wildman–Crippen LogP) is 1.74. The first kappa shape index (κ1) is 19.0. The van der Waals surface area contributed by atoms with Gasteiger partial charge < -0.3 is 29.7 Å². The van der Waals surface area contributed by atoms with Gasteiger partial charge in [0.2, 0.25) is 18.3 Å². The van der Waals surface area contributed by atoms with Crippen molar-refractivity contribution < 1.29 is 38.9 Å². The number of rotatable bonds is 5. The van der Waals surface area contributed by atoms with E-state index in [0.29, 0.717) is 0 Å². The molecule has 11 heteroatoms. The summed E-state index contributed by atoms with van der Waals surface area (Å²) >= 11 is 0. The van der Waals surface area contributed by atoms with Gasteiger partial charge in [0.05, 0.1) is 34.7 Å². The largest absolute Gasteiger partial charge is 0.487 e. The van der Waals surface area contributed by atoms with Gasteiger partial charge in [0.15, 0.2) is 5.75 Å². The van der Waals surface area contributed by atoms with E-state index in [2.05, 4.69) is 5.32 Å².